The Kier molecular flexibility index (Phi) is 7.35. The largest absolute Gasteiger partial charge is 0.493 e. The number of rotatable bonds is 8. The Labute approximate surface area is 147 Å². The minimum atomic E-state index is -0.491. The molecule has 0 fully saturated rings. The molecular formula is C17H25N3O5. The van der Waals surface area contributed by atoms with Crippen molar-refractivity contribution in [2.45, 2.75) is 39.7 Å². The summed E-state index contributed by atoms with van der Waals surface area (Å²) in [6, 6.07) is 5.65. The number of benzene rings is 1. The lowest BCUT2D eigenvalue weighted by molar-refractivity contribution is -0.384. The molecule has 0 heterocycles. The van der Waals surface area contributed by atoms with Crippen molar-refractivity contribution in [3.05, 3.63) is 34.4 Å². The van der Waals surface area contributed by atoms with Crippen molar-refractivity contribution in [1.82, 2.24) is 10.2 Å². The molecule has 8 nitrogen and oxygen atoms in total. The van der Waals surface area contributed by atoms with E-state index in [1.807, 2.05) is 20.8 Å². The van der Waals surface area contributed by atoms with Gasteiger partial charge in [0.2, 0.25) is 11.8 Å². The summed E-state index contributed by atoms with van der Waals surface area (Å²) >= 11 is 0. The summed E-state index contributed by atoms with van der Waals surface area (Å²) in [6.07, 6.45) is 0.119. The SMILES string of the molecule is CCN(CC(=O)NC(C)(C)C)C(=O)CCOc1ccc([N+](=O)[O-])cc1. The van der Waals surface area contributed by atoms with Crippen LogP contribution in [0.4, 0.5) is 5.69 Å². The average Bonchev–Trinajstić information content (AvgIpc) is 2.51. The fraction of sp³-hybridized carbons (Fsp3) is 0.529. The first kappa shape index (κ1) is 20.4. The van der Waals surface area contributed by atoms with Gasteiger partial charge in [-0.2, -0.15) is 0 Å². The Morgan fingerprint density at radius 3 is 2.32 bits per heavy atom. The summed E-state index contributed by atoms with van der Waals surface area (Å²) in [5.74, 6) is 0.0550. The van der Waals surface area contributed by atoms with Gasteiger partial charge in [0, 0.05) is 24.2 Å². The highest BCUT2D eigenvalue weighted by Crippen LogP contribution is 2.17. The van der Waals surface area contributed by atoms with Crippen molar-refractivity contribution >= 4 is 17.5 Å². The Bertz CT molecular complexity index is 608. The third-order valence-corrected chi connectivity index (χ3v) is 3.22. The van der Waals surface area contributed by atoms with E-state index < -0.39 is 4.92 Å². The summed E-state index contributed by atoms with van der Waals surface area (Å²) < 4.78 is 5.42. The molecule has 0 radical (unpaired) electrons. The van der Waals surface area contributed by atoms with Gasteiger partial charge in [0.05, 0.1) is 24.5 Å². The van der Waals surface area contributed by atoms with E-state index in [0.717, 1.165) is 0 Å². The van der Waals surface area contributed by atoms with Crippen LogP contribution >= 0.6 is 0 Å². The third-order valence-electron chi connectivity index (χ3n) is 3.22. The van der Waals surface area contributed by atoms with E-state index in [0.29, 0.717) is 12.3 Å². The first-order valence-corrected chi connectivity index (χ1v) is 8.08. The number of likely N-dealkylation sites (N-methyl/N-ethyl adjacent to an activating group) is 1. The molecule has 25 heavy (non-hydrogen) atoms. The number of nitrogens with one attached hydrogen (secondary N) is 1. The van der Waals surface area contributed by atoms with E-state index in [1.54, 1.807) is 6.92 Å². The highest BCUT2D eigenvalue weighted by atomic mass is 16.6. The zero-order chi connectivity index (χ0) is 19.0. The third kappa shape index (κ3) is 7.65. The van der Waals surface area contributed by atoms with E-state index in [2.05, 4.69) is 5.32 Å². The standard InChI is InChI=1S/C17H25N3O5/c1-5-19(12-15(21)18-17(2,3)4)16(22)10-11-25-14-8-6-13(7-9-14)20(23)24/h6-9H,5,10-12H2,1-4H3,(H,18,21). The van der Waals surface area contributed by atoms with E-state index in [4.69, 9.17) is 4.74 Å². The van der Waals surface area contributed by atoms with Crippen LogP contribution in [0.5, 0.6) is 5.75 Å². The number of carbonyl (C=O) groups is 2. The van der Waals surface area contributed by atoms with E-state index >= 15 is 0 Å². The number of nitro groups is 1. The molecule has 8 heteroatoms. The number of nitro benzene ring substituents is 1. The number of non-ortho nitro benzene ring substituents is 1. The summed E-state index contributed by atoms with van der Waals surface area (Å²) in [5.41, 5.74) is -0.371. The number of nitrogens with zero attached hydrogens (tertiary/aromatic N) is 2. The van der Waals surface area contributed by atoms with Gasteiger partial charge in [-0.25, -0.2) is 0 Å². The van der Waals surface area contributed by atoms with Gasteiger partial charge in [-0.1, -0.05) is 0 Å². The van der Waals surface area contributed by atoms with Crippen LogP contribution in [0.2, 0.25) is 0 Å². The molecular weight excluding hydrogens is 326 g/mol. The Morgan fingerprint density at radius 1 is 1.24 bits per heavy atom. The number of amides is 2. The number of carbonyl (C=O) groups excluding carboxylic acids is 2. The minimum absolute atomic E-state index is 0.00410. The molecule has 1 aromatic carbocycles. The highest BCUT2D eigenvalue weighted by Gasteiger charge is 2.19. The van der Waals surface area contributed by atoms with E-state index in [1.165, 1.54) is 29.2 Å². The summed E-state index contributed by atoms with van der Waals surface area (Å²) in [7, 11) is 0. The van der Waals surface area contributed by atoms with Crippen LogP contribution in [0.15, 0.2) is 24.3 Å². The van der Waals surface area contributed by atoms with Crippen molar-refractivity contribution in [2.24, 2.45) is 0 Å². The van der Waals surface area contributed by atoms with Crippen LogP contribution < -0.4 is 10.1 Å². The predicted molar refractivity (Wildman–Crippen MR) is 93.4 cm³/mol. The molecule has 1 aromatic rings. The van der Waals surface area contributed by atoms with Gasteiger partial charge in [0.25, 0.3) is 5.69 Å². The maximum absolute atomic E-state index is 12.2. The maximum atomic E-state index is 12.2. The van der Waals surface area contributed by atoms with E-state index in [-0.39, 0.29) is 42.6 Å². The molecule has 1 N–H and O–H groups in total. The lowest BCUT2D eigenvalue weighted by atomic mass is 10.1. The molecule has 0 saturated carbocycles. The number of hydrogen-bond acceptors (Lipinski definition) is 5. The number of ether oxygens (including phenoxy) is 1. The second-order valence-corrected chi connectivity index (χ2v) is 6.56. The molecule has 0 atom stereocenters. The smallest absolute Gasteiger partial charge is 0.269 e. The Hall–Kier alpha value is -2.64. The quantitative estimate of drug-likeness (QED) is 0.571. The molecule has 0 aliphatic heterocycles. The van der Waals surface area contributed by atoms with Gasteiger partial charge >= 0.3 is 0 Å². The zero-order valence-electron chi connectivity index (χ0n) is 15.1. The molecule has 0 spiro atoms. The minimum Gasteiger partial charge on any atom is -0.493 e. The summed E-state index contributed by atoms with van der Waals surface area (Å²) in [6.45, 7) is 7.99. The van der Waals surface area contributed by atoms with Crippen LogP contribution in [0, 0.1) is 10.1 Å². The molecule has 0 unspecified atom stereocenters. The molecule has 0 bridgehead atoms. The van der Waals surface area contributed by atoms with Crippen LogP contribution in [0.1, 0.15) is 34.1 Å². The lowest BCUT2D eigenvalue weighted by Crippen LogP contribution is -2.47. The molecule has 2 amide bonds. The van der Waals surface area contributed by atoms with Crippen LogP contribution in [0.3, 0.4) is 0 Å². The molecule has 138 valence electrons. The molecule has 0 aliphatic carbocycles. The van der Waals surface area contributed by atoms with Crippen molar-refractivity contribution < 1.29 is 19.2 Å². The zero-order valence-corrected chi connectivity index (χ0v) is 15.1. The normalized spacial score (nSPS) is 10.9. The Morgan fingerprint density at radius 2 is 1.84 bits per heavy atom. The van der Waals surface area contributed by atoms with Gasteiger partial charge in [-0.05, 0) is 39.8 Å². The maximum Gasteiger partial charge on any atom is 0.269 e. The second-order valence-electron chi connectivity index (χ2n) is 6.56. The van der Waals surface area contributed by atoms with Gasteiger partial charge in [-0.3, -0.25) is 19.7 Å². The van der Waals surface area contributed by atoms with Gasteiger partial charge < -0.3 is 15.0 Å². The first-order valence-electron chi connectivity index (χ1n) is 8.08. The molecule has 0 aliphatic rings. The van der Waals surface area contributed by atoms with Crippen molar-refractivity contribution in [3.63, 3.8) is 0 Å². The molecule has 1 rings (SSSR count). The average molecular weight is 351 g/mol. The summed E-state index contributed by atoms with van der Waals surface area (Å²) in [5, 5.41) is 13.4. The Balaban J connectivity index is 2.45. The van der Waals surface area contributed by atoms with Crippen LogP contribution in [-0.2, 0) is 9.59 Å². The van der Waals surface area contributed by atoms with Gasteiger partial charge in [0.15, 0.2) is 0 Å². The number of hydrogen-bond donors (Lipinski definition) is 1. The summed E-state index contributed by atoms with van der Waals surface area (Å²) in [4.78, 5) is 35.7. The second kappa shape index (κ2) is 9.00. The topological polar surface area (TPSA) is 102 Å². The first-order chi connectivity index (χ1) is 11.6. The van der Waals surface area contributed by atoms with Crippen molar-refractivity contribution in [2.75, 3.05) is 19.7 Å². The fourth-order valence-corrected chi connectivity index (χ4v) is 2.09. The van der Waals surface area contributed by atoms with Crippen LogP contribution in [0.25, 0.3) is 0 Å². The molecule has 0 aromatic heterocycles. The molecule has 0 saturated heterocycles. The highest BCUT2D eigenvalue weighted by molar-refractivity contribution is 5.85. The van der Waals surface area contributed by atoms with Crippen molar-refractivity contribution in [3.8, 4) is 5.75 Å². The fourth-order valence-electron chi connectivity index (χ4n) is 2.09. The lowest BCUT2D eigenvalue weighted by Gasteiger charge is -2.25. The van der Waals surface area contributed by atoms with Crippen LogP contribution in [-0.4, -0.2) is 46.9 Å². The van der Waals surface area contributed by atoms with Crippen molar-refractivity contribution in [1.29, 1.82) is 0 Å². The monoisotopic (exact) mass is 351 g/mol. The van der Waals surface area contributed by atoms with Gasteiger partial charge in [-0.15, -0.1) is 0 Å². The predicted octanol–water partition coefficient (Wildman–Crippen LogP) is 2.13. The van der Waals surface area contributed by atoms with Gasteiger partial charge in [0.1, 0.15) is 5.75 Å². The van der Waals surface area contributed by atoms with E-state index in [9.17, 15) is 19.7 Å².